The molecule has 4 atom stereocenters. The Morgan fingerprint density at radius 2 is 1.38 bits per heavy atom. The van der Waals surface area contributed by atoms with Gasteiger partial charge in [-0.2, -0.15) is 12.6 Å². The zero-order valence-electron chi connectivity index (χ0n) is 19.3. The van der Waals surface area contributed by atoms with Gasteiger partial charge in [0.25, 0.3) is 0 Å². The predicted molar refractivity (Wildman–Crippen MR) is 123 cm³/mol. The average Bonchev–Trinajstić information content (AvgIpc) is 2.68. The second kappa shape index (κ2) is 14.7. The molecular formula is C20H37N5O6S. The number of nitrogens with two attached hydrogens (primary N) is 1. The summed E-state index contributed by atoms with van der Waals surface area (Å²) in [6.07, 6.45) is 0.821. The summed E-state index contributed by atoms with van der Waals surface area (Å²) in [4.78, 5) is 59.9. The third-order valence-corrected chi connectivity index (χ3v) is 4.76. The molecule has 11 nitrogen and oxygen atoms in total. The van der Waals surface area contributed by atoms with Gasteiger partial charge in [0.15, 0.2) is 0 Å². The smallest absolute Gasteiger partial charge is 0.327 e. The van der Waals surface area contributed by atoms with E-state index in [0.29, 0.717) is 12.8 Å². The van der Waals surface area contributed by atoms with Gasteiger partial charge in [-0.25, -0.2) is 4.79 Å². The van der Waals surface area contributed by atoms with E-state index < -0.39 is 60.3 Å². The van der Waals surface area contributed by atoms with Gasteiger partial charge in [-0.3, -0.25) is 19.2 Å². The van der Waals surface area contributed by atoms with Crippen molar-refractivity contribution in [1.29, 1.82) is 0 Å². The van der Waals surface area contributed by atoms with Crippen molar-refractivity contribution >= 4 is 42.2 Å². The molecule has 0 radical (unpaired) electrons. The van der Waals surface area contributed by atoms with Crippen molar-refractivity contribution in [2.45, 2.75) is 71.6 Å². The van der Waals surface area contributed by atoms with Crippen LogP contribution in [0.5, 0.6) is 0 Å². The van der Waals surface area contributed by atoms with Gasteiger partial charge in [0.1, 0.15) is 18.1 Å². The fraction of sp³-hybridized carbons (Fsp3) is 0.750. The fourth-order valence-electron chi connectivity index (χ4n) is 2.73. The number of thiol groups is 1. The third-order valence-electron chi connectivity index (χ3n) is 4.39. The summed E-state index contributed by atoms with van der Waals surface area (Å²) < 4.78 is 0. The van der Waals surface area contributed by atoms with E-state index in [1.54, 1.807) is 0 Å². The molecule has 0 unspecified atom stereocenters. The maximum atomic E-state index is 12.7. The summed E-state index contributed by atoms with van der Waals surface area (Å²) in [7, 11) is 0. The van der Waals surface area contributed by atoms with E-state index >= 15 is 0 Å². The van der Waals surface area contributed by atoms with Crippen LogP contribution in [-0.2, 0) is 24.0 Å². The molecule has 0 aliphatic carbocycles. The van der Waals surface area contributed by atoms with Crippen LogP contribution in [0, 0.1) is 11.8 Å². The van der Waals surface area contributed by atoms with Crippen LogP contribution < -0.4 is 27.0 Å². The second-order valence-corrected chi connectivity index (χ2v) is 8.88. The number of aliphatic carboxylic acids is 1. The van der Waals surface area contributed by atoms with Gasteiger partial charge in [0.05, 0.1) is 12.6 Å². The Hall–Kier alpha value is -2.34. The quantitative estimate of drug-likeness (QED) is 0.158. The van der Waals surface area contributed by atoms with E-state index in [9.17, 15) is 24.0 Å². The van der Waals surface area contributed by atoms with Crippen LogP contribution in [0.25, 0.3) is 0 Å². The molecule has 0 aliphatic rings. The molecule has 0 aromatic heterocycles. The molecule has 12 heteroatoms. The Morgan fingerprint density at radius 3 is 1.84 bits per heavy atom. The van der Waals surface area contributed by atoms with Gasteiger partial charge in [0, 0.05) is 5.75 Å². The van der Waals surface area contributed by atoms with Crippen molar-refractivity contribution in [2.75, 3.05) is 12.3 Å². The Kier molecular flexibility index (Phi) is 13.6. The summed E-state index contributed by atoms with van der Waals surface area (Å²) >= 11 is 3.84. The van der Waals surface area contributed by atoms with Gasteiger partial charge in [-0.15, -0.1) is 0 Å². The fourth-order valence-corrected chi connectivity index (χ4v) is 2.97. The van der Waals surface area contributed by atoms with Crippen LogP contribution in [0.4, 0.5) is 0 Å². The average molecular weight is 476 g/mol. The first-order valence-electron chi connectivity index (χ1n) is 10.5. The lowest BCUT2D eigenvalue weighted by Crippen LogP contribution is -2.56. The topological polar surface area (TPSA) is 180 Å². The van der Waals surface area contributed by atoms with Crippen molar-refractivity contribution in [3.05, 3.63) is 0 Å². The summed E-state index contributed by atoms with van der Waals surface area (Å²) in [6.45, 7) is 8.62. The van der Waals surface area contributed by atoms with E-state index in [1.807, 2.05) is 27.7 Å². The highest BCUT2D eigenvalue weighted by atomic mass is 32.1. The first-order chi connectivity index (χ1) is 14.8. The number of carboxylic acids is 1. The van der Waals surface area contributed by atoms with E-state index in [0.717, 1.165) is 0 Å². The summed E-state index contributed by atoms with van der Waals surface area (Å²) in [5.74, 6) is -3.37. The zero-order chi connectivity index (χ0) is 25.0. The number of rotatable bonds is 14. The first kappa shape index (κ1) is 29.7. The number of carbonyl (C=O) groups excluding carboxylic acids is 4. The van der Waals surface area contributed by atoms with Crippen molar-refractivity contribution in [3.8, 4) is 0 Å². The molecular weight excluding hydrogens is 438 g/mol. The molecule has 4 amide bonds. The highest BCUT2D eigenvalue weighted by Gasteiger charge is 2.27. The number of nitrogens with one attached hydrogen (secondary N) is 4. The zero-order valence-corrected chi connectivity index (χ0v) is 20.2. The molecule has 0 spiro atoms. The van der Waals surface area contributed by atoms with Crippen LogP contribution >= 0.6 is 12.6 Å². The van der Waals surface area contributed by atoms with E-state index in [1.165, 1.54) is 6.92 Å². The lowest BCUT2D eigenvalue weighted by Gasteiger charge is -2.24. The molecule has 0 heterocycles. The van der Waals surface area contributed by atoms with Crippen molar-refractivity contribution in [1.82, 2.24) is 21.3 Å². The van der Waals surface area contributed by atoms with Crippen molar-refractivity contribution in [2.24, 2.45) is 17.6 Å². The number of carboxylic acid groups (broad SMARTS) is 1. The number of hydrogen-bond acceptors (Lipinski definition) is 7. The van der Waals surface area contributed by atoms with Crippen molar-refractivity contribution in [3.63, 3.8) is 0 Å². The van der Waals surface area contributed by atoms with Gasteiger partial charge in [0.2, 0.25) is 23.6 Å². The third kappa shape index (κ3) is 11.9. The molecule has 0 saturated heterocycles. The maximum absolute atomic E-state index is 12.7. The van der Waals surface area contributed by atoms with Crippen LogP contribution in [0.2, 0.25) is 0 Å². The predicted octanol–water partition coefficient (Wildman–Crippen LogP) is -0.989. The number of hydrogen-bond donors (Lipinski definition) is 7. The molecule has 0 aromatic carbocycles. The van der Waals surface area contributed by atoms with Gasteiger partial charge < -0.3 is 32.1 Å². The summed E-state index contributed by atoms with van der Waals surface area (Å²) in [6, 6.07) is -3.79. The largest absolute Gasteiger partial charge is 0.480 e. The Morgan fingerprint density at radius 1 is 0.812 bits per heavy atom. The molecule has 0 fully saturated rings. The van der Waals surface area contributed by atoms with Gasteiger partial charge in [-0.1, -0.05) is 27.7 Å². The lowest BCUT2D eigenvalue weighted by molar-refractivity contribution is -0.141. The standard InChI is InChI=1S/C20H37N5O6S/c1-10(2)6-13(21)18(28)25-14(7-11(3)4)19(29)23-12(5)17(27)22-8-16(26)24-15(9-32)20(30)31/h10-15,32H,6-9,21H2,1-5H3,(H,22,27)(H,23,29)(H,24,26)(H,25,28)(H,30,31)/t12-,13-,14-,15-/m0/s1. The molecule has 0 saturated carbocycles. The molecule has 184 valence electrons. The molecule has 0 aromatic rings. The molecule has 0 bridgehead atoms. The van der Waals surface area contributed by atoms with Crippen LogP contribution in [0.15, 0.2) is 0 Å². The lowest BCUT2D eigenvalue weighted by atomic mass is 10.0. The highest BCUT2D eigenvalue weighted by Crippen LogP contribution is 2.08. The van der Waals surface area contributed by atoms with Gasteiger partial charge in [-0.05, 0) is 31.6 Å². The highest BCUT2D eigenvalue weighted by molar-refractivity contribution is 7.80. The number of carbonyl (C=O) groups is 5. The van der Waals surface area contributed by atoms with Crippen LogP contribution in [0.1, 0.15) is 47.5 Å². The SMILES string of the molecule is CC(C)C[C@H](NC(=O)[C@@H](N)CC(C)C)C(=O)N[C@@H](C)C(=O)NCC(=O)N[C@@H](CS)C(=O)O. The Balaban J connectivity index is 4.84. The van der Waals surface area contributed by atoms with Gasteiger partial charge >= 0.3 is 5.97 Å². The minimum Gasteiger partial charge on any atom is -0.480 e. The minimum atomic E-state index is -1.24. The summed E-state index contributed by atoms with van der Waals surface area (Å²) in [5, 5.41) is 18.6. The Bertz CT molecular complexity index is 673. The Labute approximate surface area is 194 Å². The van der Waals surface area contributed by atoms with Crippen LogP contribution in [-0.4, -0.2) is 71.2 Å². The minimum absolute atomic E-state index is 0.0919. The monoisotopic (exact) mass is 475 g/mol. The first-order valence-corrected chi connectivity index (χ1v) is 11.2. The summed E-state index contributed by atoms with van der Waals surface area (Å²) in [5.41, 5.74) is 5.89. The molecule has 7 N–H and O–H groups in total. The molecule has 32 heavy (non-hydrogen) atoms. The molecule has 0 rings (SSSR count). The molecule has 0 aliphatic heterocycles. The van der Waals surface area contributed by atoms with Crippen LogP contribution in [0.3, 0.4) is 0 Å². The van der Waals surface area contributed by atoms with E-state index in [4.69, 9.17) is 10.8 Å². The maximum Gasteiger partial charge on any atom is 0.327 e. The number of amides is 4. The van der Waals surface area contributed by atoms with Crippen molar-refractivity contribution < 1.29 is 29.1 Å². The van der Waals surface area contributed by atoms with E-state index in [-0.39, 0.29) is 17.6 Å². The normalized spacial score (nSPS) is 14.8. The van der Waals surface area contributed by atoms with E-state index in [2.05, 4.69) is 33.9 Å². The second-order valence-electron chi connectivity index (χ2n) is 8.52.